The highest BCUT2D eigenvalue weighted by Gasteiger charge is 2.46. The molecule has 0 bridgehead atoms. The summed E-state index contributed by atoms with van der Waals surface area (Å²) in [6.07, 6.45) is 4.44. The van der Waals surface area contributed by atoms with E-state index >= 15 is 0 Å². The molecule has 1 spiro atoms. The third kappa shape index (κ3) is 3.63. The van der Waals surface area contributed by atoms with Gasteiger partial charge < -0.3 is 9.47 Å². The Morgan fingerprint density at radius 3 is 1.82 bits per heavy atom. The number of para-hydroxylation sites is 2. The summed E-state index contributed by atoms with van der Waals surface area (Å²) >= 11 is 0. The molecule has 0 amide bonds. The Balaban J connectivity index is 1.63. The number of hydrogen-bond donors (Lipinski definition) is 0. The van der Waals surface area contributed by atoms with Crippen molar-refractivity contribution < 1.29 is 14.3 Å². The molecule has 3 aromatic carbocycles. The topological polar surface area (TPSA) is 61.3 Å². The van der Waals surface area contributed by atoms with Crippen LogP contribution in [-0.4, -0.2) is 21.7 Å². The number of rotatable bonds is 3. The van der Waals surface area contributed by atoms with E-state index in [1.807, 2.05) is 84.9 Å². The number of ether oxygens (including phenoxy) is 2. The molecule has 2 heterocycles. The van der Waals surface area contributed by atoms with Crippen LogP contribution in [0.1, 0.15) is 43.4 Å². The van der Waals surface area contributed by atoms with Crippen LogP contribution in [0.2, 0.25) is 0 Å². The lowest BCUT2D eigenvalue weighted by atomic mass is 9.91. The third-order valence-electron chi connectivity index (χ3n) is 6.50. The number of carbonyl (C=O) groups excluding carboxylic acids is 1. The van der Waals surface area contributed by atoms with Crippen molar-refractivity contribution in [3.05, 3.63) is 96.2 Å². The van der Waals surface area contributed by atoms with Gasteiger partial charge in [0.05, 0.1) is 16.7 Å². The zero-order chi connectivity index (χ0) is 23.0. The Kier molecular flexibility index (Phi) is 5.10. The first-order valence-electron chi connectivity index (χ1n) is 11.8. The fourth-order valence-electron chi connectivity index (χ4n) is 4.83. The van der Waals surface area contributed by atoms with Crippen molar-refractivity contribution >= 4 is 28.3 Å². The lowest BCUT2D eigenvalue weighted by Gasteiger charge is -2.41. The van der Waals surface area contributed by atoms with Crippen molar-refractivity contribution in [2.75, 3.05) is 0 Å². The van der Waals surface area contributed by atoms with Crippen LogP contribution in [0, 0.1) is 0 Å². The standard InChI is InChI=1S/C29H24N2O3/c32-28-24(27(21-14-6-2-7-15-21)33-29(34-28)18-10-3-11-19-29)26-25(20-12-4-1-5-13-20)30-22-16-8-9-17-23(22)31-26/h1-2,4-9,12-17H,3,10-11,18-19H2. The minimum Gasteiger partial charge on any atom is -0.451 e. The molecule has 5 heteroatoms. The van der Waals surface area contributed by atoms with Crippen molar-refractivity contribution in [2.24, 2.45) is 0 Å². The van der Waals surface area contributed by atoms with Gasteiger partial charge in [0.2, 0.25) is 0 Å². The first-order valence-corrected chi connectivity index (χ1v) is 11.8. The number of aromatic nitrogens is 2. The average molecular weight is 449 g/mol. The molecule has 1 aliphatic heterocycles. The molecule has 1 saturated carbocycles. The van der Waals surface area contributed by atoms with Crippen LogP contribution in [-0.2, 0) is 14.3 Å². The van der Waals surface area contributed by atoms with E-state index in [0.29, 0.717) is 41.1 Å². The Labute approximate surface area is 198 Å². The van der Waals surface area contributed by atoms with E-state index in [0.717, 1.165) is 35.9 Å². The lowest BCUT2D eigenvalue weighted by Crippen LogP contribution is -2.43. The smallest absolute Gasteiger partial charge is 0.347 e. The van der Waals surface area contributed by atoms with Crippen LogP contribution in [0.4, 0.5) is 0 Å². The van der Waals surface area contributed by atoms with Crippen LogP contribution in [0.3, 0.4) is 0 Å². The molecule has 0 atom stereocenters. The number of benzene rings is 3. The normalized spacial score (nSPS) is 17.5. The number of nitrogens with zero attached hydrogens (tertiary/aromatic N) is 2. The highest BCUT2D eigenvalue weighted by Crippen LogP contribution is 2.45. The summed E-state index contributed by atoms with van der Waals surface area (Å²) < 4.78 is 12.7. The van der Waals surface area contributed by atoms with Crippen LogP contribution in [0.25, 0.3) is 33.6 Å². The second kappa shape index (κ2) is 8.41. The van der Waals surface area contributed by atoms with Gasteiger partial charge in [-0.05, 0) is 25.0 Å². The SMILES string of the molecule is O=C1OC2(CCCCC2)OC(c2ccccc2)=C1c1nc2ccccc2nc1-c1ccccc1. The van der Waals surface area contributed by atoms with Gasteiger partial charge in [0.1, 0.15) is 17.0 Å². The molecule has 1 aromatic heterocycles. The Bertz CT molecular complexity index is 1390. The second-order valence-electron chi connectivity index (χ2n) is 8.81. The highest BCUT2D eigenvalue weighted by atomic mass is 16.7. The number of carbonyl (C=O) groups is 1. The molecule has 0 unspecified atom stereocenters. The average Bonchev–Trinajstić information content (AvgIpc) is 2.89. The van der Waals surface area contributed by atoms with Crippen molar-refractivity contribution in [1.82, 2.24) is 9.97 Å². The summed E-state index contributed by atoms with van der Waals surface area (Å²) in [5, 5.41) is 0. The van der Waals surface area contributed by atoms with Gasteiger partial charge in [-0.3, -0.25) is 0 Å². The number of esters is 1. The van der Waals surface area contributed by atoms with Crippen molar-refractivity contribution in [3.8, 4) is 11.3 Å². The third-order valence-corrected chi connectivity index (χ3v) is 6.50. The van der Waals surface area contributed by atoms with E-state index in [9.17, 15) is 4.79 Å². The molecule has 34 heavy (non-hydrogen) atoms. The Hall–Kier alpha value is -3.99. The first-order chi connectivity index (χ1) is 16.7. The molecule has 4 aromatic rings. The molecule has 0 N–H and O–H groups in total. The fourth-order valence-corrected chi connectivity index (χ4v) is 4.83. The molecule has 2 aliphatic rings. The largest absolute Gasteiger partial charge is 0.451 e. The van der Waals surface area contributed by atoms with E-state index in [1.54, 1.807) is 0 Å². The van der Waals surface area contributed by atoms with Gasteiger partial charge in [-0.25, -0.2) is 14.8 Å². The number of fused-ring (bicyclic) bond motifs is 1. The molecular formula is C29H24N2O3. The van der Waals surface area contributed by atoms with E-state index in [-0.39, 0.29) is 0 Å². The number of hydrogen-bond acceptors (Lipinski definition) is 5. The maximum atomic E-state index is 13.7. The Morgan fingerprint density at radius 2 is 1.18 bits per heavy atom. The van der Waals surface area contributed by atoms with Crippen LogP contribution >= 0.6 is 0 Å². The monoisotopic (exact) mass is 448 g/mol. The van der Waals surface area contributed by atoms with Gasteiger partial charge in [-0.1, -0.05) is 79.2 Å². The van der Waals surface area contributed by atoms with E-state index in [1.165, 1.54) is 0 Å². The quantitative estimate of drug-likeness (QED) is 0.340. The predicted molar refractivity (Wildman–Crippen MR) is 131 cm³/mol. The zero-order valence-corrected chi connectivity index (χ0v) is 18.7. The van der Waals surface area contributed by atoms with Gasteiger partial charge in [0.15, 0.2) is 0 Å². The van der Waals surface area contributed by atoms with Gasteiger partial charge in [-0.15, -0.1) is 0 Å². The fraction of sp³-hybridized carbons (Fsp3) is 0.207. The van der Waals surface area contributed by atoms with Crippen molar-refractivity contribution in [3.63, 3.8) is 0 Å². The summed E-state index contributed by atoms with van der Waals surface area (Å²) in [7, 11) is 0. The predicted octanol–water partition coefficient (Wildman–Crippen LogP) is 6.40. The minimum atomic E-state index is -0.915. The van der Waals surface area contributed by atoms with Crippen molar-refractivity contribution in [1.29, 1.82) is 0 Å². The van der Waals surface area contributed by atoms with Crippen LogP contribution in [0.5, 0.6) is 0 Å². The van der Waals surface area contributed by atoms with Gasteiger partial charge in [-0.2, -0.15) is 0 Å². The molecule has 1 fully saturated rings. The molecule has 168 valence electrons. The van der Waals surface area contributed by atoms with Gasteiger partial charge in [0.25, 0.3) is 5.79 Å². The van der Waals surface area contributed by atoms with Gasteiger partial charge in [0, 0.05) is 24.0 Å². The summed E-state index contributed by atoms with van der Waals surface area (Å²) in [5.41, 5.74) is 4.60. The molecular weight excluding hydrogens is 424 g/mol. The molecule has 1 aliphatic carbocycles. The maximum Gasteiger partial charge on any atom is 0.347 e. The zero-order valence-electron chi connectivity index (χ0n) is 18.7. The second-order valence-corrected chi connectivity index (χ2v) is 8.81. The van der Waals surface area contributed by atoms with Crippen molar-refractivity contribution in [2.45, 2.75) is 37.9 Å². The van der Waals surface area contributed by atoms with E-state index in [2.05, 4.69) is 0 Å². The summed E-state index contributed by atoms with van der Waals surface area (Å²) in [5.74, 6) is -0.810. The molecule has 0 saturated heterocycles. The Morgan fingerprint density at radius 1 is 0.618 bits per heavy atom. The lowest BCUT2D eigenvalue weighted by molar-refractivity contribution is -0.217. The van der Waals surface area contributed by atoms with Crippen LogP contribution < -0.4 is 0 Å². The highest BCUT2D eigenvalue weighted by molar-refractivity contribution is 6.25. The molecule has 5 nitrogen and oxygen atoms in total. The minimum absolute atomic E-state index is 0.319. The van der Waals surface area contributed by atoms with Gasteiger partial charge >= 0.3 is 5.97 Å². The van der Waals surface area contributed by atoms with Crippen LogP contribution in [0.15, 0.2) is 84.9 Å². The molecule has 6 rings (SSSR count). The van der Waals surface area contributed by atoms with E-state index < -0.39 is 11.8 Å². The summed E-state index contributed by atoms with van der Waals surface area (Å²) in [6, 6.07) is 27.3. The molecule has 0 radical (unpaired) electrons. The summed E-state index contributed by atoms with van der Waals surface area (Å²) in [6.45, 7) is 0. The first kappa shape index (κ1) is 20.6. The van der Waals surface area contributed by atoms with E-state index in [4.69, 9.17) is 19.4 Å². The maximum absolute atomic E-state index is 13.7. The summed E-state index contributed by atoms with van der Waals surface area (Å²) in [4.78, 5) is 23.6.